The first-order valence-electron chi connectivity index (χ1n) is 6.55. The van der Waals surface area contributed by atoms with Crippen LogP contribution in [0.25, 0.3) is 0 Å². The highest BCUT2D eigenvalue weighted by Crippen LogP contribution is 2.25. The summed E-state index contributed by atoms with van der Waals surface area (Å²) in [6.45, 7) is 5.17. The molecular formula is C14H21ClN2O. The molecule has 2 rings (SSSR count). The molecule has 2 atom stereocenters. The third-order valence-electron chi connectivity index (χ3n) is 3.82. The summed E-state index contributed by atoms with van der Waals surface area (Å²) < 4.78 is 0. The molecule has 0 aromatic heterocycles. The lowest BCUT2D eigenvalue weighted by Gasteiger charge is -2.36. The minimum Gasteiger partial charge on any atom is -0.506 e. The molecule has 100 valence electrons. The molecule has 0 bridgehead atoms. The number of phenolic OH excluding ortho intramolecular Hbond substituents is 1. The van der Waals surface area contributed by atoms with Crippen LogP contribution in [0.4, 0.5) is 0 Å². The zero-order valence-corrected chi connectivity index (χ0v) is 11.5. The first kappa shape index (κ1) is 13.7. The molecule has 1 fully saturated rings. The van der Waals surface area contributed by atoms with Crippen molar-refractivity contribution < 1.29 is 5.11 Å². The van der Waals surface area contributed by atoms with Crippen molar-refractivity contribution in [2.45, 2.75) is 32.4 Å². The summed E-state index contributed by atoms with van der Waals surface area (Å²) in [4.78, 5) is 2.42. The molecule has 0 saturated carbocycles. The van der Waals surface area contributed by atoms with Gasteiger partial charge in [-0.05, 0) is 36.6 Å². The van der Waals surface area contributed by atoms with Crippen LogP contribution < -0.4 is 5.73 Å². The van der Waals surface area contributed by atoms with E-state index in [1.54, 1.807) is 6.07 Å². The quantitative estimate of drug-likeness (QED) is 0.886. The fourth-order valence-electron chi connectivity index (χ4n) is 2.61. The van der Waals surface area contributed by atoms with E-state index in [-0.39, 0.29) is 5.75 Å². The van der Waals surface area contributed by atoms with Gasteiger partial charge in [0.25, 0.3) is 0 Å². The Morgan fingerprint density at radius 3 is 2.94 bits per heavy atom. The summed E-state index contributed by atoms with van der Waals surface area (Å²) in [5.41, 5.74) is 7.25. The van der Waals surface area contributed by atoms with E-state index in [0.717, 1.165) is 38.0 Å². The van der Waals surface area contributed by atoms with Crippen molar-refractivity contribution in [2.75, 3.05) is 13.1 Å². The topological polar surface area (TPSA) is 49.5 Å². The van der Waals surface area contributed by atoms with Gasteiger partial charge < -0.3 is 10.8 Å². The Hall–Kier alpha value is -0.770. The first-order chi connectivity index (χ1) is 8.60. The lowest BCUT2D eigenvalue weighted by atomic mass is 9.90. The fourth-order valence-corrected chi connectivity index (χ4v) is 2.81. The second-order valence-corrected chi connectivity index (χ2v) is 5.55. The maximum absolute atomic E-state index is 9.40. The molecule has 1 saturated heterocycles. The molecule has 4 heteroatoms. The average molecular weight is 269 g/mol. The molecule has 1 aliphatic heterocycles. The summed E-state index contributed by atoms with van der Waals surface area (Å²) >= 11 is 5.92. The molecule has 3 N–H and O–H groups in total. The monoisotopic (exact) mass is 268 g/mol. The summed E-state index contributed by atoms with van der Waals surface area (Å²) in [5, 5.41) is 9.83. The van der Waals surface area contributed by atoms with E-state index in [1.807, 2.05) is 12.1 Å². The zero-order chi connectivity index (χ0) is 13.1. The second-order valence-electron chi connectivity index (χ2n) is 5.14. The fraction of sp³-hybridized carbons (Fsp3) is 0.571. The lowest BCUT2D eigenvalue weighted by molar-refractivity contribution is 0.145. The highest BCUT2D eigenvalue weighted by molar-refractivity contribution is 6.32. The number of benzene rings is 1. The molecule has 0 amide bonds. The van der Waals surface area contributed by atoms with Gasteiger partial charge in [0.1, 0.15) is 5.75 Å². The van der Waals surface area contributed by atoms with Gasteiger partial charge in [0.05, 0.1) is 5.02 Å². The van der Waals surface area contributed by atoms with Gasteiger partial charge in [-0.25, -0.2) is 0 Å². The minimum atomic E-state index is 0.146. The van der Waals surface area contributed by atoms with Crippen LogP contribution in [-0.4, -0.2) is 29.1 Å². The van der Waals surface area contributed by atoms with Crippen LogP contribution in [-0.2, 0) is 6.54 Å². The summed E-state index contributed by atoms with van der Waals surface area (Å²) in [6, 6.07) is 5.77. The van der Waals surface area contributed by atoms with Crippen molar-refractivity contribution in [1.82, 2.24) is 4.90 Å². The van der Waals surface area contributed by atoms with Crippen LogP contribution in [0.2, 0.25) is 5.02 Å². The molecular weight excluding hydrogens is 248 g/mol. The molecule has 0 radical (unpaired) electrons. The maximum atomic E-state index is 9.40. The minimum absolute atomic E-state index is 0.146. The lowest BCUT2D eigenvalue weighted by Crippen LogP contribution is -2.46. The smallest absolute Gasteiger partial charge is 0.134 e. The Labute approximate surface area is 114 Å². The number of phenols is 1. The van der Waals surface area contributed by atoms with Crippen molar-refractivity contribution in [1.29, 1.82) is 0 Å². The van der Waals surface area contributed by atoms with Crippen LogP contribution in [0.15, 0.2) is 18.2 Å². The Kier molecular flexibility index (Phi) is 4.49. The Bertz CT molecular complexity index is 411. The number of nitrogens with two attached hydrogens (primary N) is 1. The Balaban J connectivity index is 1.99. The number of hydrogen-bond acceptors (Lipinski definition) is 3. The molecule has 18 heavy (non-hydrogen) atoms. The third kappa shape index (κ3) is 3.16. The van der Waals surface area contributed by atoms with Gasteiger partial charge in [0.2, 0.25) is 0 Å². The molecule has 1 aromatic rings. The number of aromatic hydroxyl groups is 1. The van der Waals surface area contributed by atoms with Crippen molar-refractivity contribution in [2.24, 2.45) is 11.7 Å². The normalized spacial score (nSPS) is 25.3. The van der Waals surface area contributed by atoms with Gasteiger partial charge in [-0.2, -0.15) is 0 Å². The van der Waals surface area contributed by atoms with Crippen LogP contribution in [0.1, 0.15) is 25.3 Å². The summed E-state index contributed by atoms with van der Waals surface area (Å²) in [7, 11) is 0. The van der Waals surface area contributed by atoms with E-state index in [2.05, 4.69) is 11.8 Å². The highest BCUT2D eigenvalue weighted by Gasteiger charge is 2.25. The largest absolute Gasteiger partial charge is 0.506 e. The van der Waals surface area contributed by atoms with Gasteiger partial charge in [-0.3, -0.25) is 4.90 Å². The standard InChI is InChI=1S/C14H21ClN2O/c1-2-11-9-17(6-5-13(11)16)8-10-3-4-14(18)12(15)7-10/h3-4,7,11,13,18H,2,5-6,8-9,16H2,1H3. The van der Waals surface area contributed by atoms with Gasteiger partial charge in [0.15, 0.2) is 0 Å². The van der Waals surface area contributed by atoms with Gasteiger partial charge in [0, 0.05) is 19.1 Å². The number of hydrogen-bond donors (Lipinski definition) is 2. The van der Waals surface area contributed by atoms with Crippen LogP contribution in [0, 0.1) is 5.92 Å². The number of piperidine rings is 1. The van der Waals surface area contributed by atoms with Gasteiger partial charge in [-0.1, -0.05) is 31.0 Å². The first-order valence-corrected chi connectivity index (χ1v) is 6.93. The number of nitrogens with zero attached hydrogens (tertiary/aromatic N) is 1. The van der Waals surface area contributed by atoms with Crippen LogP contribution in [0.5, 0.6) is 5.75 Å². The molecule has 1 aromatic carbocycles. The summed E-state index contributed by atoms with van der Waals surface area (Å²) in [5.74, 6) is 0.735. The second kappa shape index (κ2) is 5.91. The van der Waals surface area contributed by atoms with E-state index in [1.165, 1.54) is 0 Å². The predicted octanol–water partition coefficient (Wildman–Crippen LogP) is 2.60. The average Bonchev–Trinajstić information content (AvgIpc) is 2.36. The van der Waals surface area contributed by atoms with Crippen LogP contribution in [0.3, 0.4) is 0 Å². The van der Waals surface area contributed by atoms with Crippen molar-refractivity contribution in [3.63, 3.8) is 0 Å². The Morgan fingerprint density at radius 1 is 1.50 bits per heavy atom. The molecule has 0 aliphatic carbocycles. The molecule has 1 heterocycles. The predicted molar refractivity (Wildman–Crippen MR) is 74.8 cm³/mol. The van der Waals surface area contributed by atoms with Gasteiger partial charge >= 0.3 is 0 Å². The summed E-state index contributed by atoms with van der Waals surface area (Å²) in [6.07, 6.45) is 2.19. The van der Waals surface area contributed by atoms with Crippen molar-refractivity contribution in [3.05, 3.63) is 28.8 Å². The van der Waals surface area contributed by atoms with E-state index in [4.69, 9.17) is 17.3 Å². The number of likely N-dealkylation sites (tertiary alicyclic amines) is 1. The number of rotatable bonds is 3. The van der Waals surface area contributed by atoms with E-state index >= 15 is 0 Å². The molecule has 2 unspecified atom stereocenters. The molecule has 0 spiro atoms. The highest BCUT2D eigenvalue weighted by atomic mass is 35.5. The molecule has 3 nitrogen and oxygen atoms in total. The zero-order valence-electron chi connectivity index (χ0n) is 10.8. The van der Waals surface area contributed by atoms with Crippen LogP contribution >= 0.6 is 11.6 Å². The van der Waals surface area contributed by atoms with E-state index in [0.29, 0.717) is 17.0 Å². The maximum Gasteiger partial charge on any atom is 0.134 e. The van der Waals surface area contributed by atoms with Crippen molar-refractivity contribution >= 4 is 11.6 Å². The van der Waals surface area contributed by atoms with Gasteiger partial charge in [-0.15, -0.1) is 0 Å². The Morgan fingerprint density at radius 2 is 2.28 bits per heavy atom. The molecule has 1 aliphatic rings. The van der Waals surface area contributed by atoms with Crippen molar-refractivity contribution in [3.8, 4) is 5.75 Å². The number of halogens is 1. The van der Waals surface area contributed by atoms with E-state index in [9.17, 15) is 5.11 Å². The SMILES string of the molecule is CCC1CN(Cc2ccc(O)c(Cl)c2)CCC1N. The van der Waals surface area contributed by atoms with E-state index < -0.39 is 0 Å². The third-order valence-corrected chi connectivity index (χ3v) is 4.12.